The summed E-state index contributed by atoms with van der Waals surface area (Å²) in [5, 5.41) is 21.3. The maximum absolute atomic E-state index is 12.5. The first-order chi connectivity index (χ1) is 14.4. The van der Waals surface area contributed by atoms with Gasteiger partial charge in [0.1, 0.15) is 29.2 Å². The lowest BCUT2D eigenvalue weighted by Crippen LogP contribution is -2.35. The van der Waals surface area contributed by atoms with Crippen LogP contribution in [-0.4, -0.2) is 52.4 Å². The van der Waals surface area contributed by atoms with E-state index in [0.29, 0.717) is 27.9 Å². The van der Waals surface area contributed by atoms with Crippen molar-refractivity contribution in [1.29, 1.82) is 0 Å². The quantitative estimate of drug-likeness (QED) is 0.547. The molecule has 0 bridgehead atoms. The van der Waals surface area contributed by atoms with Gasteiger partial charge in [0.05, 0.1) is 23.5 Å². The zero-order chi connectivity index (χ0) is 21.7. The Hall–Kier alpha value is -2.81. The van der Waals surface area contributed by atoms with Gasteiger partial charge in [-0.1, -0.05) is 40.5 Å². The number of nitrogens with zero attached hydrogens (tertiary/aromatic N) is 3. The van der Waals surface area contributed by atoms with Gasteiger partial charge in [-0.05, 0) is 31.2 Å². The van der Waals surface area contributed by atoms with Crippen LogP contribution in [0.15, 0.2) is 42.5 Å². The third-order valence-electron chi connectivity index (χ3n) is 4.25. The number of nitrogens with one attached hydrogen (secondary N) is 1. The third kappa shape index (κ3) is 5.02. The minimum absolute atomic E-state index is 0.0392. The van der Waals surface area contributed by atoms with Crippen LogP contribution >= 0.6 is 23.2 Å². The molecule has 0 saturated carbocycles. The van der Waals surface area contributed by atoms with Crippen LogP contribution in [0.3, 0.4) is 0 Å². The highest BCUT2D eigenvalue weighted by atomic mass is 35.5. The summed E-state index contributed by atoms with van der Waals surface area (Å²) in [6.45, 7) is 1.62. The Morgan fingerprint density at radius 2 is 2.03 bits per heavy atom. The molecule has 8 nitrogen and oxygen atoms in total. The highest BCUT2D eigenvalue weighted by Gasteiger charge is 2.19. The van der Waals surface area contributed by atoms with Gasteiger partial charge in [0.25, 0.3) is 5.91 Å². The molecule has 3 aromatic rings. The maximum Gasteiger partial charge on any atom is 0.273 e. The van der Waals surface area contributed by atoms with E-state index in [1.165, 1.54) is 4.68 Å². The molecule has 3 rings (SSSR count). The standard InChI is InChI=1S/C20H20Cl2N4O4/c1-12-19(24-25-26(12)13-5-3-6-15(9-13)29-2)20(28)23-10-14(27)11-30-17-8-4-7-16(21)18(17)22/h3-9,14,27H,10-11H2,1-2H3,(H,23,28). The van der Waals surface area contributed by atoms with Crippen molar-refractivity contribution in [2.24, 2.45) is 0 Å². The summed E-state index contributed by atoms with van der Waals surface area (Å²) in [4.78, 5) is 12.5. The summed E-state index contributed by atoms with van der Waals surface area (Å²) in [7, 11) is 1.57. The molecule has 30 heavy (non-hydrogen) atoms. The summed E-state index contributed by atoms with van der Waals surface area (Å²) in [5.41, 5.74) is 1.42. The molecular weight excluding hydrogens is 431 g/mol. The first kappa shape index (κ1) is 21.9. The third-order valence-corrected chi connectivity index (χ3v) is 5.05. The molecule has 0 fully saturated rings. The van der Waals surface area contributed by atoms with Gasteiger partial charge in [0.15, 0.2) is 5.69 Å². The van der Waals surface area contributed by atoms with Gasteiger partial charge >= 0.3 is 0 Å². The number of methoxy groups -OCH3 is 1. The molecule has 1 aromatic heterocycles. The Bertz CT molecular complexity index is 1040. The molecule has 0 saturated heterocycles. The van der Waals surface area contributed by atoms with E-state index < -0.39 is 12.0 Å². The minimum atomic E-state index is -0.960. The van der Waals surface area contributed by atoms with Crippen molar-refractivity contribution < 1.29 is 19.4 Å². The number of aliphatic hydroxyl groups excluding tert-OH is 1. The number of halogens is 2. The SMILES string of the molecule is COc1cccc(-n2nnc(C(=O)NCC(O)COc3cccc(Cl)c3Cl)c2C)c1. The molecule has 2 N–H and O–H groups in total. The van der Waals surface area contributed by atoms with E-state index in [1.807, 2.05) is 18.2 Å². The predicted molar refractivity (Wildman–Crippen MR) is 113 cm³/mol. The van der Waals surface area contributed by atoms with Gasteiger partial charge in [-0.25, -0.2) is 4.68 Å². The maximum atomic E-state index is 12.5. The molecule has 2 aromatic carbocycles. The van der Waals surface area contributed by atoms with Crippen LogP contribution in [0.25, 0.3) is 5.69 Å². The second kappa shape index (κ2) is 9.80. The molecular formula is C20H20Cl2N4O4. The second-order valence-electron chi connectivity index (χ2n) is 6.36. The van der Waals surface area contributed by atoms with Crippen LogP contribution in [0.4, 0.5) is 0 Å². The summed E-state index contributed by atoms with van der Waals surface area (Å²) >= 11 is 12.0. The van der Waals surface area contributed by atoms with E-state index in [1.54, 1.807) is 38.3 Å². The van der Waals surface area contributed by atoms with Crippen molar-refractivity contribution in [3.05, 3.63) is 63.9 Å². The molecule has 158 valence electrons. The van der Waals surface area contributed by atoms with Gasteiger partial charge in [-0.15, -0.1) is 5.10 Å². The first-order valence-electron chi connectivity index (χ1n) is 9.00. The van der Waals surface area contributed by atoms with Gasteiger partial charge in [-0.3, -0.25) is 4.79 Å². The van der Waals surface area contributed by atoms with Gasteiger partial charge in [0.2, 0.25) is 0 Å². The number of rotatable bonds is 8. The number of carbonyl (C=O) groups is 1. The fourth-order valence-electron chi connectivity index (χ4n) is 2.66. The van der Waals surface area contributed by atoms with Gasteiger partial charge in [0, 0.05) is 12.6 Å². The summed E-state index contributed by atoms with van der Waals surface area (Å²) in [6.07, 6.45) is -0.960. The largest absolute Gasteiger partial charge is 0.497 e. The minimum Gasteiger partial charge on any atom is -0.497 e. The van der Waals surface area contributed by atoms with E-state index in [2.05, 4.69) is 15.6 Å². The zero-order valence-electron chi connectivity index (χ0n) is 16.3. The van der Waals surface area contributed by atoms with Crippen LogP contribution in [0.2, 0.25) is 10.0 Å². The molecule has 1 atom stereocenters. The summed E-state index contributed by atoms with van der Waals surface area (Å²) in [6, 6.07) is 12.2. The first-order valence-corrected chi connectivity index (χ1v) is 9.76. The number of amides is 1. The number of ether oxygens (including phenoxy) is 2. The molecule has 1 amide bonds. The number of aliphatic hydroxyl groups is 1. The van der Waals surface area contributed by atoms with Crippen molar-refractivity contribution in [2.45, 2.75) is 13.0 Å². The number of hydrogen-bond donors (Lipinski definition) is 2. The van der Waals surface area contributed by atoms with E-state index in [0.717, 1.165) is 0 Å². The Balaban J connectivity index is 1.58. The molecule has 0 spiro atoms. The highest BCUT2D eigenvalue weighted by molar-refractivity contribution is 6.42. The van der Waals surface area contributed by atoms with Crippen LogP contribution < -0.4 is 14.8 Å². The lowest BCUT2D eigenvalue weighted by molar-refractivity contribution is 0.0839. The van der Waals surface area contributed by atoms with Crippen LogP contribution in [-0.2, 0) is 0 Å². The number of benzene rings is 2. The van der Waals surface area contributed by atoms with Crippen LogP contribution in [0, 0.1) is 6.92 Å². The fraction of sp³-hybridized carbons (Fsp3) is 0.250. The van der Waals surface area contributed by atoms with Crippen LogP contribution in [0.1, 0.15) is 16.2 Å². The zero-order valence-corrected chi connectivity index (χ0v) is 17.8. The molecule has 1 unspecified atom stereocenters. The number of carbonyl (C=O) groups excluding carboxylic acids is 1. The molecule has 0 aliphatic carbocycles. The van der Waals surface area contributed by atoms with Gasteiger partial charge < -0.3 is 19.9 Å². The molecule has 10 heteroatoms. The Kier molecular flexibility index (Phi) is 7.15. The average Bonchev–Trinajstić information content (AvgIpc) is 3.14. The van der Waals surface area contributed by atoms with Crippen LogP contribution in [0.5, 0.6) is 11.5 Å². The molecule has 1 heterocycles. The Morgan fingerprint density at radius 1 is 1.27 bits per heavy atom. The Labute approximate surface area is 183 Å². The van der Waals surface area contributed by atoms with Crippen molar-refractivity contribution in [3.63, 3.8) is 0 Å². The topological polar surface area (TPSA) is 98.5 Å². The summed E-state index contributed by atoms with van der Waals surface area (Å²) in [5.74, 6) is 0.560. The number of aromatic nitrogens is 3. The van der Waals surface area contributed by atoms with Crippen molar-refractivity contribution in [2.75, 3.05) is 20.3 Å². The van der Waals surface area contributed by atoms with Gasteiger partial charge in [-0.2, -0.15) is 0 Å². The highest BCUT2D eigenvalue weighted by Crippen LogP contribution is 2.31. The average molecular weight is 451 g/mol. The summed E-state index contributed by atoms with van der Waals surface area (Å²) < 4.78 is 12.2. The fourth-order valence-corrected chi connectivity index (χ4v) is 3.01. The van der Waals surface area contributed by atoms with E-state index in [-0.39, 0.29) is 23.9 Å². The monoisotopic (exact) mass is 450 g/mol. The van der Waals surface area contributed by atoms with Crippen molar-refractivity contribution in [3.8, 4) is 17.2 Å². The predicted octanol–water partition coefficient (Wildman–Crippen LogP) is 3.06. The van der Waals surface area contributed by atoms with E-state index >= 15 is 0 Å². The lowest BCUT2D eigenvalue weighted by Gasteiger charge is -2.14. The molecule has 0 radical (unpaired) electrons. The van der Waals surface area contributed by atoms with E-state index in [4.69, 9.17) is 32.7 Å². The molecule has 0 aliphatic heterocycles. The Morgan fingerprint density at radius 3 is 2.80 bits per heavy atom. The van der Waals surface area contributed by atoms with Crippen molar-refractivity contribution in [1.82, 2.24) is 20.3 Å². The second-order valence-corrected chi connectivity index (χ2v) is 7.15. The molecule has 0 aliphatic rings. The smallest absolute Gasteiger partial charge is 0.273 e. The lowest BCUT2D eigenvalue weighted by atomic mass is 10.2. The normalized spacial score (nSPS) is 11.8. The van der Waals surface area contributed by atoms with E-state index in [9.17, 15) is 9.90 Å². The number of hydrogen-bond acceptors (Lipinski definition) is 6. The van der Waals surface area contributed by atoms with Crippen molar-refractivity contribution >= 4 is 29.1 Å².